The van der Waals surface area contributed by atoms with Crippen LogP contribution < -0.4 is 4.57 Å². The van der Waals surface area contributed by atoms with Crippen LogP contribution >= 0.6 is 0 Å². The summed E-state index contributed by atoms with van der Waals surface area (Å²) in [7, 11) is 1.75. The number of hydrogen-bond donors (Lipinski definition) is 0. The minimum absolute atomic E-state index is 0.0514. The minimum Gasteiger partial charge on any atom is -0.261 e. The summed E-state index contributed by atoms with van der Waals surface area (Å²) in [4.78, 5) is 4.01. The first-order chi connectivity index (χ1) is 10.00. The highest BCUT2D eigenvalue weighted by Crippen LogP contribution is 2.19. The van der Waals surface area contributed by atoms with Crippen LogP contribution in [0.15, 0.2) is 30.6 Å². The van der Waals surface area contributed by atoms with Gasteiger partial charge in [-0.2, -0.15) is 0 Å². The van der Waals surface area contributed by atoms with Crippen molar-refractivity contribution < 1.29 is 12.8 Å². The summed E-state index contributed by atoms with van der Waals surface area (Å²) < 4.78 is 46.2. The first-order valence-electron chi connectivity index (χ1n) is 7.98. The number of aromatic nitrogens is 2. The molecule has 0 N–H and O–H groups in total. The molecule has 2 nitrogen and oxygen atoms in total. The molecule has 0 unspecified atom stereocenters. The maximum Gasteiger partial charge on any atom is 0.214 e. The Kier molecular flexibility index (Phi) is 1.41. The summed E-state index contributed by atoms with van der Waals surface area (Å²) in [5.74, 6) is 0. The van der Waals surface area contributed by atoms with Gasteiger partial charge >= 0.3 is 0 Å². The Balaban J connectivity index is 2.49. The summed E-state index contributed by atoms with van der Waals surface area (Å²) in [6.07, 6.45) is 3.07. The van der Waals surface area contributed by atoms with Gasteiger partial charge in [0.05, 0.1) is 5.56 Å². The fourth-order valence-electron chi connectivity index (χ4n) is 1.71. The quantitative estimate of drug-likeness (QED) is 0.673. The number of hydrogen-bond acceptors (Lipinski definition) is 1. The van der Waals surface area contributed by atoms with Crippen molar-refractivity contribution >= 4 is 0 Å². The first kappa shape index (κ1) is 5.58. The molecule has 0 bridgehead atoms. The second-order valence-electron chi connectivity index (χ2n) is 3.80. The lowest BCUT2D eigenvalue weighted by molar-refractivity contribution is -0.660. The molecule has 0 spiro atoms. The fourth-order valence-corrected chi connectivity index (χ4v) is 1.71. The molecule has 16 heavy (non-hydrogen) atoms. The Labute approximate surface area is 105 Å². The van der Waals surface area contributed by atoms with Gasteiger partial charge in [-0.25, -0.2) is 4.57 Å². The van der Waals surface area contributed by atoms with Gasteiger partial charge in [-0.15, -0.1) is 0 Å². The third-order valence-electron chi connectivity index (χ3n) is 2.52. The SMILES string of the molecule is [2H]C([2H])([2H])c1ccc(-c2cnc(C([2H])([2H])[2H])cc2C)[n+](C)c1. The number of aryl methyl sites for hydroxylation is 4. The van der Waals surface area contributed by atoms with E-state index < -0.39 is 13.7 Å². The zero-order chi connectivity index (χ0) is 16.7. The van der Waals surface area contributed by atoms with Crippen LogP contribution in [-0.4, -0.2) is 4.98 Å². The van der Waals surface area contributed by atoms with Crippen LogP contribution in [0.25, 0.3) is 11.3 Å². The Hall–Kier alpha value is -1.70. The van der Waals surface area contributed by atoms with Crippen molar-refractivity contribution in [3.05, 3.63) is 47.4 Å². The molecule has 0 aromatic carbocycles. The molecule has 0 atom stereocenters. The lowest BCUT2D eigenvalue weighted by Crippen LogP contribution is -2.31. The summed E-state index contributed by atoms with van der Waals surface area (Å²) >= 11 is 0. The molecule has 0 aliphatic carbocycles. The van der Waals surface area contributed by atoms with Gasteiger partial charge < -0.3 is 0 Å². The molecular formula is C14H17N2+. The molecule has 0 radical (unpaired) electrons. The second-order valence-corrected chi connectivity index (χ2v) is 3.80. The molecule has 2 heteroatoms. The normalized spacial score (nSPS) is 17.6. The van der Waals surface area contributed by atoms with Crippen molar-refractivity contribution in [2.75, 3.05) is 0 Å². The predicted molar refractivity (Wildman–Crippen MR) is 65.1 cm³/mol. The summed E-state index contributed by atoms with van der Waals surface area (Å²) in [5.41, 5.74) is 2.63. The zero-order valence-corrected chi connectivity index (χ0v) is 9.28. The highest BCUT2D eigenvalue weighted by molar-refractivity contribution is 5.59. The maximum absolute atomic E-state index is 7.43. The van der Waals surface area contributed by atoms with Crippen molar-refractivity contribution in [1.82, 2.24) is 4.98 Å². The van der Waals surface area contributed by atoms with Gasteiger partial charge in [0.2, 0.25) is 5.69 Å². The van der Waals surface area contributed by atoms with Gasteiger partial charge in [-0.05, 0) is 38.3 Å². The van der Waals surface area contributed by atoms with Crippen LogP contribution in [0.5, 0.6) is 0 Å². The molecular weight excluding hydrogens is 196 g/mol. The van der Waals surface area contributed by atoms with Crippen LogP contribution in [0, 0.1) is 20.6 Å². The number of pyridine rings is 2. The maximum atomic E-state index is 7.43. The van der Waals surface area contributed by atoms with E-state index >= 15 is 0 Å². The largest absolute Gasteiger partial charge is 0.261 e. The Bertz CT molecular complexity index is 642. The molecule has 2 aromatic heterocycles. The van der Waals surface area contributed by atoms with Gasteiger partial charge in [-0.1, -0.05) is 0 Å². The lowest BCUT2D eigenvalue weighted by atomic mass is 10.1. The molecule has 0 aliphatic heterocycles. The molecule has 2 heterocycles. The Morgan fingerprint density at radius 3 is 2.81 bits per heavy atom. The molecule has 0 amide bonds. The smallest absolute Gasteiger partial charge is 0.214 e. The lowest BCUT2D eigenvalue weighted by Gasteiger charge is -2.05. The highest BCUT2D eigenvalue weighted by atomic mass is 14.9. The van der Waals surface area contributed by atoms with Gasteiger partial charge in [-0.3, -0.25) is 4.98 Å². The van der Waals surface area contributed by atoms with Crippen LogP contribution in [0.4, 0.5) is 0 Å². The molecule has 2 rings (SSSR count). The van der Waals surface area contributed by atoms with Crippen molar-refractivity contribution in [2.45, 2.75) is 20.6 Å². The number of rotatable bonds is 1. The molecule has 0 saturated carbocycles. The molecule has 2 aromatic rings. The van der Waals surface area contributed by atoms with Crippen molar-refractivity contribution in [1.29, 1.82) is 0 Å². The fraction of sp³-hybridized carbons (Fsp3) is 0.286. The van der Waals surface area contributed by atoms with E-state index in [0.29, 0.717) is 0 Å². The average molecular weight is 219 g/mol. The van der Waals surface area contributed by atoms with Crippen molar-refractivity contribution in [2.24, 2.45) is 7.05 Å². The predicted octanol–water partition coefficient (Wildman–Crippen LogP) is 2.50. The standard InChI is InChI=1S/C14H17N2/c1-10-5-6-14(16(4)9-10)13-8-15-12(3)7-11(13)2/h5-9H,1-4H3/q+1/i1D3,3D3. The molecule has 82 valence electrons. The second kappa shape index (κ2) is 4.05. The summed E-state index contributed by atoms with van der Waals surface area (Å²) in [5, 5.41) is 0. The van der Waals surface area contributed by atoms with Gasteiger partial charge in [0.25, 0.3) is 0 Å². The third kappa shape index (κ3) is 1.96. The van der Waals surface area contributed by atoms with E-state index in [2.05, 4.69) is 4.98 Å². The number of nitrogens with zero attached hydrogens (tertiary/aromatic N) is 2. The molecule has 0 fully saturated rings. The van der Waals surface area contributed by atoms with Crippen molar-refractivity contribution in [3.8, 4) is 11.3 Å². The van der Waals surface area contributed by atoms with Crippen LogP contribution in [-0.2, 0) is 7.05 Å². The molecule has 0 saturated heterocycles. The zero-order valence-electron chi connectivity index (χ0n) is 15.3. The van der Waals surface area contributed by atoms with E-state index in [-0.39, 0.29) is 11.3 Å². The average Bonchev–Trinajstić information content (AvgIpc) is 2.37. The summed E-state index contributed by atoms with van der Waals surface area (Å²) in [6.45, 7) is -2.59. The van der Waals surface area contributed by atoms with E-state index in [1.54, 1.807) is 36.0 Å². The van der Waals surface area contributed by atoms with Crippen LogP contribution in [0.2, 0.25) is 0 Å². The van der Waals surface area contributed by atoms with E-state index in [1.807, 2.05) is 6.92 Å². The van der Waals surface area contributed by atoms with Gasteiger partial charge in [0.15, 0.2) is 6.20 Å². The van der Waals surface area contributed by atoms with Gasteiger partial charge in [0.1, 0.15) is 7.05 Å². The topological polar surface area (TPSA) is 16.8 Å². The van der Waals surface area contributed by atoms with Crippen LogP contribution in [0.3, 0.4) is 0 Å². The minimum atomic E-state index is -2.24. The van der Waals surface area contributed by atoms with E-state index in [9.17, 15) is 0 Å². The first-order valence-corrected chi connectivity index (χ1v) is 4.98. The summed E-state index contributed by atoms with van der Waals surface area (Å²) in [6, 6.07) is 4.81. The Morgan fingerprint density at radius 2 is 2.19 bits per heavy atom. The van der Waals surface area contributed by atoms with Crippen molar-refractivity contribution in [3.63, 3.8) is 0 Å². The van der Waals surface area contributed by atoms with Gasteiger partial charge in [0, 0.05) is 31.7 Å². The highest BCUT2D eigenvalue weighted by Gasteiger charge is 2.12. The van der Waals surface area contributed by atoms with E-state index in [1.165, 1.54) is 6.20 Å². The van der Waals surface area contributed by atoms with E-state index in [4.69, 9.17) is 8.22 Å². The monoisotopic (exact) mass is 219 g/mol. The van der Waals surface area contributed by atoms with E-state index in [0.717, 1.165) is 16.8 Å². The Morgan fingerprint density at radius 1 is 1.31 bits per heavy atom. The molecule has 0 aliphatic rings. The third-order valence-corrected chi connectivity index (χ3v) is 2.52. The van der Waals surface area contributed by atoms with Crippen LogP contribution in [0.1, 0.15) is 25.0 Å².